The van der Waals surface area contributed by atoms with E-state index in [4.69, 9.17) is 11.6 Å². The van der Waals surface area contributed by atoms with E-state index < -0.39 is 5.91 Å². The zero-order chi connectivity index (χ0) is 13.7. The van der Waals surface area contributed by atoms with E-state index in [0.29, 0.717) is 5.56 Å². The van der Waals surface area contributed by atoms with Crippen molar-refractivity contribution in [3.63, 3.8) is 0 Å². The quantitative estimate of drug-likeness (QED) is 0.444. The Balaban J connectivity index is 2.75. The molecule has 1 rings (SSSR count). The van der Waals surface area contributed by atoms with Gasteiger partial charge in [0.1, 0.15) is 0 Å². The van der Waals surface area contributed by atoms with Gasteiger partial charge in [-0.15, -0.1) is 0 Å². The van der Waals surface area contributed by atoms with Gasteiger partial charge in [-0.25, -0.2) is 0 Å². The fraction of sp³-hybridized carbons (Fsp3) is 0.333. The van der Waals surface area contributed by atoms with Gasteiger partial charge < -0.3 is 16.5 Å². The molecule has 18 heavy (non-hydrogen) atoms. The molecule has 6 nitrogen and oxygen atoms in total. The highest BCUT2D eigenvalue weighted by molar-refractivity contribution is 5.96. The SMILES string of the molecule is Cc1cc(NN)ccc1C(=O)NC(C)CC(N)=O. The second-order valence-corrected chi connectivity index (χ2v) is 4.22. The van der Waals surface area contributed by atoms with Gasteiger partial charge in [0.2, 0.25) is 5.91 Å². The molecule has 0 aromatic heterocycles. The number of nitrogens with one attached hydrogen (secondary N) is 2. The molecule has 0 saturated heterocycles. The summed E-state index contributed by atoms with van der Waals surface area (Å²) in [6.45, 7) is 3.54. The van der Waals surface area contributed by atoms with Crippen molar-refractivity contribution in [3.8, 4) is 0 Å². The lowest BCUT2D eigenvalue weighted by atomic mass is 10.1. The third kappa shape index (κ3) is 3.74. The van der Waals surface area contributed by atoms with Crippen LogP contribution >= 0.6 is 0 Å². The average Bonchev–Trinajstić information content (AvgIpc) is 2.27. The number of aryl methyl sites for hydroxylation is 1. The second-order valence-electron chi connectivity index (χ2n) is 4.22. The van der Waals surface area contributed by atoms with Crippen LogP contribution in [0.2, 0.25) is 0 Å². The van der Waals surface area contributed by atoms with Crippen LogP contribution in [0.1, 0.15) is 29.3 Å². The van der Waals surface area contributed by atoms with E-state index in [9.17, 15) is 9.59 Å². The lowest BCUT2D eigenvalue weighted by molar-refractivity contribution is -0.118. The highest BCUT2D eigenvalue weighted by Crippen LogP contribution is 2.14. The Bertz CT molecular complexity index is 459. The van der Waals surface area contributed by atoms with Crippen molar-refractivity contribution in [2.24, 2.45) is 11.6 Å². The lowest BCUT2D eigenvalue weighted by Crippen LogP contribution is -2.36. The van der Waals surface area contributed by atoms with Crippen molar-refractivity contribution in [1.29, 1.82) is 0 Å². The van der Waals surface area contributed by atoms with Crippen LogP contribution < -0.4 is 22.3 Å². The van der Waals surface area contributed by atoms with Crippen LogP contribution in [0.3, 0.4) is 0 Å². The molecule has 98 valence electrons. The zero-order valence-electron chi connectivity index (χ0n) is 10.5. The largest absolute Gasteiger partial charge is 0.370 e. The summed E-state index contributed by atoms with van der Waals surface area (Å²) in [6.07, 6.45) is 0.118. The standard InChI is InChI=1S/C12H18N4O2/c1-7-5-9(16-14)3-4-10(7)12(18)15-8(2)6-11(13)17/h3-5,8,16H,6,14H2,1-2H3,(H2,13,17)(H,15,18). The van der Waals surface area contributed by atoms with Crippen LogP contribution in [-0.2, 0) is 4.79 Å². The molecule has 2 amide bonds. The molecule has 0 heterocycles. The number of hydrogen-bond acceptors (Lipinski definition) is 4. The molecule has 1 unspecified atom stereocenters. The van der Waals surface area contributed by atoms with E-state index in [1.807, 2.05) is 6.92 Å². The van der Waals surface area contributed by atoms with E-state index >= 15 is 0 Å². The Labute approximate surface area is 106 Å². The normalized spacial score (nSPS) is 11.7. The smallest absolute Gasteiger partial charge is 0.251 e. The van der Waals surface area contributed by atoms with Crippen molar-refractivity contribution >= 4 is 17.5 Å². The van der Waals surface area contributed by atoms with Crippen molar-refractivity contribution in [3.05, 3.63) is 29.3 Å². The highest BCUT2D eigenvalue weighted by atomic mass is 16.2. The van der Waals surface area contributed by atoms with Gasteiger partial charge in [0, 0.05) is 23.7 Å². The number of benzene rings is 1. The highest BCUT2D eigenvalue weighted by Gasteiger charge is 2.13. The molecule has 0 spiro atoms. The van der Waals surface area contributed by atoms with Crippen LogP contribution in [0.15, 0.2) is 18.2 Å². The molecule has 0 aliphatic rings. The molecule has 0 aliphatic heterocycles. The summed E-state index contributed by atoms with van der Waals surface area (Å²) >= 11 is 0. The summed E-state index contributed by atoms with van der Waals surface area (Å²) in [5, 5.41) is 2.71. The van der Waals surface area contributed by atoms with Gasteiger partial charge >= 0.3 is 0 Å². The number of nitrogens with two attached hydrogens (primary N) is 2. The number of hydrazine groups is 1. The molecule has 0 aliphatic carbocycles. The number of nitrogen functional groups attached to an aromatic ring is 1. The molecule has 6 heteroatoms. The van der Waals surface area contributed by atoms with Gasteiger partial charge in [0.15, 0.2) is 0 Å². The van der Waals surface area contributed by atoms with E-state index in [2.05, 4.69) is 10.7 Å². The molecule has 0 bridgehead atoms. The first kappa shape index (κ1) is 14.0. The van der Waals surface area contributed by atoms with Gasteiger partial charge in [-0.05, 0) is 37.6 Å². The summed E-state index contributed by atoms with van der Waals surface area (Å²) in [5.41, 5.74) is 9.65. The van der Waals surface area contributed by atoms with Crippen LogP contribution in [0.5, 0.6) is 0 Å². The van der Waals surface area contributed by atoms with Crippen LogP contribution in [0.25, 0.3) is 0 Å². The van der Waals surface area contributed by atoms with Gasteiger partial charge in [-0.2, -0.15) is 0 Å². The van der Waals surface area contributed by atoms with E-state index in [1.165, 1.54) is 0 Å². The van der Waals surface area contributed by atoms with Crippen LogP contribution in [0.4, 0.5) is 5.69 Å². The first-order valence-electron chi connectivity index (χ1n) is 5.60. The Kier molecular flexibility index (Phi) is 4.67. The molecule has 6 N–H and O–H groups in total. The average molecular weight is 250 g/mol. The molecule has 0 saturated carbocycles. The minimum absolute atomic E-state index is 0.118. The maximum atomic E-state index is 11.9. The van der Waals surface area contributed by atoms with Crippen LogP contribution in [0, 0.1) is 6.92 Å². The fourth-order valence-electron chi connectivity index (χ4n) is 1.66. The molecule has 0 fully saturated rings. The van der Waals surface area contributed by atoms with Gasteiger partial charge in [0.25, 0.3) is 5.91 Å². The predicted octanol–water partition coefficient (Wildman–Crippen LogP) is 0.274. The monoisotopic (exact) mass is 250 g/mol. The van der Waals surface area contributed by atoms with Crippen molar-refractivity contribution < 1.29 is 9.59 Å². The Morgan fingerprint density at radius 2 is 2.06 bits per heavy atom. The number of hydrogen-bond donors (Lipinski definition) is 4. The number of primary amides is 1. The lowest BCUT2D eigenvalue weighted by Gasteiger charge is -2.13. The Morgan fingerprint density at radius 3 is 2.56 bits per heavy atom. The summed E-state index contributed by atoms with van der Waals surface area (Å²) in [4.78, 5) is 22.7. The summed E-state index contributed by atoms with van der Waals surface area (Å²) in [5.74, 6) is 4.60. The van der Waals surface area contributed by atoms with Crippen molar-refractivity contribution in [2.45, 2.75) is 26.3 Å². The Hall–Kier alpha value is -2.08. The molecule has 1 atom stereocenters. The minimum Gasteiger partial charge on any atom is -0.370 e. The van der Waals surface area contributed by atoms with Crippen molar-refractivity contribution in [1.82, 2.24) is 5.32 Å². The molecule has 1 aromatic rings. The molecular weight excluding hydrogens is 232 g/mol. The Morgan fingerprint density at radius 1 is 1.39 bits per heavy atom. The van der Waals surface area contributed by atoms with E-state index in [1.54, 1.807) is 25.1 Å². The maximum Gasteiger partial charge on any atom is 0.251 e. The number of rotatable bonds is 5. The van der Waals surface area contributed by atoms with Gasteiger partial charge in [-0.1, -0.05) is 0 Å². The first-order chi connectivity index (χ1) is 8.43. The number of amides is 2. The third-order valence-corrected chi connectivity index (χ3v) is 2.52. The summed E-state index contributed by atoms with van der Waals surface area (Å²) in [6, 6.07) is 4.87. The van der Waals surface area contributed by atoms with Gasteiger partial charge in [-0.3, -0.25) is 15.4 Å². The van der Waals surface area contributed by atoms with E-state index in [-0.39, 0.29) is 18.4 Å². The van der Waals surface area contributed by atoms with Crippen LogP contribution in [-0.4, -0.2) is 17.9 Å². The summed E-state index contributed by atoms with van der Waals surface area (Å²) in [7, 11) is 0. The number of carbonyl (C=O) groups is 2. The molecule has 0 radical (unpaired) electrons. The van der Waals surface area contributed by atoms with E-state index in [0.717, 1.165) is 11.3 Å². The number of anilines is 1. The molecule has 1 aromatic carbocycles. The second kappa shape index (κ2) is 6.02. The number of carbonyl (C=O) groups excluding carboxylic acids is 2. The zero-order valence-corrected chi connectivity index (χ0v) is 10.5. The van der Waals surface area contributed by atoms with Crippen molar-refractivity contribution in [2.75, 3.05) is 5.43 Å². The fourth-order valence-corrected chi connectivity index (χ4v) is 1.66. The predicted molar refractivity (Wildman–Crippen MR) is 69.7 cm³/mol. The first-order valence-corrected chi connectivity index (χ1v) is 5.60. The minimum atomic E-state index is -0.442. The topological polar surface area (TPSA) is 110 Å². The summed E-state index contributed by atoms with van der Waals surface area (Å²) < 4.78 is 0. The molecular formula is C12H18N4O2. The third-order valence-electron chi connectivity index (χ3n) is 2.52. The van der Waals surface area contributed by atoms with Gasteiger partial charge in [0.05, 0.1) is 0 Å². The maximum absolute atomic E-state index is 11.9.